The van der Waals surface area contributed by atoms with Crippen LogP contribution in [0.25, 0.3) is 0 Å². The molecule has 0 aromatic heterocycles. The van der Waals surface area contributed by atoms with E-state index in [4.69, 9.17) is 0 Å². The summed E-state index contributed by atoms with van der Waals surface area (Å²) in [4.78, 5) is 28.0. The second-order valence-electron chi connectivity index (χ2n) is 7.30. The minimum absolute atomic E-state index is 0.327. The second kappa shape index (κ2) is 8.69. The van der Waals surface area contributed by atoms with Crippen LogP contribution in [0.5, 0.6) is 0 Å². The zero-order valence-corrected chi connectivity index (χ0v) is 16.4. The van der Waals surface area contributed by atoms with E-state index in [-0.39, 0.29) is 5.91 Å². The van der Waals surface area contributed by atoms with Crippen LogP contribution in [-0.4, -0.2) is 11.8 Å². The number of nitrogens with zero attached hydrogens (tertiary/aromatic N) is 1. The van der Waals surface area contributed by atoms with Crippen LogP contribution in [0.3, 0.4) is 0 Å². The minimum atomic E-state index is -1.33. The van der Waals surface area contributed by atoms with Crippen LogP contribution in [0.15, 0.2) is 84.9 Å². The molecule has 2 amide bonds. The summed E-state index contributed by atoms with van der Waals surface area (Å²) < 4.78 is 13.1. The Balaban J connectivity index is 1.86. The van der Waals surface area contributed by atoms with Gasteiger partial charge in [0, 0.05) is 11.4 Å². The highest BCUT2D eigenvalue weighted by atomic mass is 19.1. The van der Waals surface area contributed by atoms with Crippen molar-refractivity contribution in [1.29, 1.82) is 0 Å². The predicted molar refractivity (Wildman–Crippen MR) is 113 cm³/mol. The quantitative estimate of drug-likeness (QED) is 0.601. The maximum Gasteiger partial charge on any atom is 0.242 e. The standard InChI is InChI=1S/C24H23FN2O2/c1-24(2,22(28)26-20-15-13-19(25)14-16-20)23(29)27(21-11-7-4-8-12-21)17-18-9-5-3-6-10-18/h3-16H,17H2,1-2H3,(H,26,28). The van der Waals surface area contributed by atoms with Crippen LogP contribution in [0.2, 0.25) is 0 Å². The van der Waals surface area contributed by atoms with Crippen molar-refractivity contribution in [3.8, 4) is 0 Å². The Labute approximate surface area is 170 Å². The van der Waals surface area contributed by atoms with E-state index in [9.17, 15) is 14.0 Å². The van der Waals surface area contributed by atoms with E-state index >= 15 is 0 Å². The zero-order chi connectivity index (χ0) is 20.9. The summed E-state index contributed by atoms with van der Waals surface area (Å²) in [5.74, 6) is -1.17. The van der Waals surface area contributed by atoms with Gasteiger partial charge in [0.2, 0.25) is 11.8 Å². The molecule has 3 rings (SSSR count). The highest BCUT2D eigenvalue weighted by Gasteiger charge is 2.39. The van der Waals surface area contributed by atoms with Gasteiger partial charge in [-0.2, -0.15) is 0 Å². The van der Waals surface area contributed by atoms with Crippen molar-refractivity contribution >= 4 is 23.2 Å². The monoisotopic (exact) mass is 390 g/mol. The normalized spacial score (nSPS) is 11.0. The van der Waals surface area contributed by atoms with Crippen molar-refractivity contribution in [1.82, 2.24) is 0 Å². The van der Waals surface area contributed by atoms with E-state index < -0.39 is 17.1 Å². The van der Waals surface area contributed by atoms with Gasteiger partial charge in [0.1, 0.15) is 11.2 Å². The molecule has 0 saturated heterocycles. The molecule has 0 bridgehead atoms. The maximum absolute atomic E-state index is 13.5. The number of rotatable bonds is 6. The number of nitrogens with one attached hydrogen (secondary N) is 1. The van der Waals surface area contributed by atoms with E-state index in [0.29, 0.717) is 17.9 Å². The third-order valence-electron chi connectivity index (χ3n) is 4.70. The van der Waals surface area contributed by atoms with Crippen molar-refractivity contribution < 1.29 is 14.0 Å². The molecule has 0 saturated carbocycles. The summed E-state index contributed by atoms with van der Waals surface area (Å²) in [6, 6.07) is 24.3. The van der Waals surface area contributed by atoms with Crippen molar-refractivity contribution in [3.63, 3.8) is 0 Å². The summed E-state index contributed by atoms with van der Waals surface area (Å²) in [5.41, 5.74) is 0.772. The van der Waals surface area contributed by atoms with Gasteiger partial charge in [-0.05, 0) is 55.8 Å². The van der Waals surface area contributed by atoms with Crippen molar-refractivity contribution in [2.45, 2.75) is 20.4 Å². The third-order valence-corrected chi connectivity index (χ3v) is 4.70. The fraction of sp³-hybridized carbons (Fsp3) is 0.167. The molecular weight excluding hydrogens is 367 g/mol. The van der Waals surface area contributed by atoms with E-state index in [0.717, 1.165) is 5.56 Å². The van der Waals surface area contributed by atoms with Gasteiger partial charge in [-0.15, -0.1) is 0 Å². The largest absolute Gasteiger partial charge is 0.325 e. The molecular formula is C24H23FN2O2. The van der Waals surface area contributed by atoms with E-state index in [2.05, 4.69) is 5.32 Å². The lowest BCUT2D eigenvalue weighted by atomic mass is 9.89. The molecule has 3 aromatic rings. The molecule has 3 aromatic carbocycles. The lowest BCUT2D eigenvalue weighted by molar-refractivity contribution is -0.136. The summed E-state index contributed by atoms with van der Waals surface area (Å²) in [5, 5.41) is 2.71. The van der Waals surface area contributed by atoms with Gasteiger partial charge in [0.05, 0.1) is 6.54 Å². The summed E-state index contributed by atoms with van der Waals surface area (Å²) in [6.07, 6.45) is 0. The molecule has 1 N–H and O–H groups in total. The van der Waals surface area contributed by atoms with Crippen LogP contribution >= 0.6 is 0 Å². The molecule has 0 heterocycles. The highest BCUT2D eigenvalue weighted by Crippen LogP contribution is 2.27. The summed E-state index contributed by atoms with van der Waals surface area (Å²) >= 11 is 0. The van der Waals surface area contributed by atoms with Gasteiger partial charge in [-0.1, -0.05) is 48.5 Å². The first-order valence-electron chi connectivity index (χ1n) is 9.36. The average Bonchev–Trinajstić information content (AvgIpc) is 2.74. The second-order valence-corrected chi connectivity index (χ2v) is 7.30. The molecule has 0 unspecified atom stereocenters. The lowest BCUT2D eigenvalue weighted by Gasteiger charge is -2.31. The number of anilines is 2. The Bertz CT molecular complexity index is 971. The number of amides is 2. The molecule has 0 aliphatic carbocycles. The molecule has 0 fully saturated rings. The Morgan fingerprint density at radius 1 is 0.862 bits per heavy atom. The Morgan fingerprint density at radius 3 is 2.00 bits per heavy atom. The third kappa shape index (κ3) is 4.88. The predicted octanol–water partition coefficient (Wildman–Crippen LogP) is 5.02. The fourth-order valence-electron chi connectivity index (χ4n) is 2.91. The van der Waals surface area contributed by atoms with Crippen LogP contribution in [0, 0.1) is 11.2 Å². The van der Waals surface area contributed by atoms with Gasteiger partial charge in [-0.3, -0.25) is 9.59 Å². The topological polar surface area (TPSA) is 49.4 Å². The summed E-state index contributed by atoms with van der Waals surface area (Å²) in [7, 11) is 0. The first kappa shape index (κ1) is 20.3. The smallest absolute Gasteiger partial charge is 0.242 e. The molecule has 5 heteroatoms. The lowest BCUT2D eigenvalue weighted by Crippen LogP contribution is -2.47. The molecule has 148 valence electrons. The van der Waals surface area contributed by atoms with E-state index in [1.165, 1.54) is 24.3 Å². The number of benzene rings is 3. The summed E-state index contributed by atoms with van der Waals surface area (Å²) in [6.45, 7) is 3.53. The average molecular weight is 390 g/mol. The zero-order valence-electron chi connectivity index (χ0n) is 16.4. The number of hydrogen-bond acceptors (Lipinski definition) is 2. The van der Waals surface area contributed by atoms with Gasteiger partial charge < -0.3 is 10.2 Å². The number of halogens is 1. The minimum Gasteiger partial charge on any atom is -0.325 e. The van der Waals surface area contributed by atoms with Crippen molar-refractivity contribution in [2.24, 2.45) is 5.41 Å². The van der Waals surface area contributed by atoms with E-state index in [1.807, 2.05) is 60.7 Å². The Kier molecular flexibility index (Phi) is 6.07. The highest BCUT2D eigenvalue weighted by molar-refractivity contribution is 6.14. The van der Waals surface area contributed by atoms with E-state index in [1.54, 1.807) is 18.7 Å². The molecule has 0 radical (unpaired) electrons. The van der Waals surface area contributed by atoms with Gasteiger partial charge in [-0.25, -0.2) is 4.39 Å². The first-order valence-corrected chi connectivity index (χ1v) is 9.36. The number of carbonyl (C=O) groups excluding carboxylic acids is 2. The molecule has 0 spiro atoms. The van der Waals surface area contributed by atoms with Crippen LogP contribution in [0.1, 0.15) is 19.4 Å². The van der Waals surface area contributed by atoms with Crippen LogP contribution in [0.4, 0.5) is 15.8 Å². The number of para-hydroxylation sites is 1. The Hall–Kier alpha value is -3.47. The van der Waals surface area contributed by atoms with Crippen molar-refractivity contribution in [2.75, 3.05) is 10.2 Å². The molecule has 0 aliphatic rings. The molecule has 4 nitrogen and oxygen atoms in total. The molecule has 0 atom stereocenters. The fourth-order valence-corrected chi connectivity index (χ4v) is 2.91. The van der Waals surface area contributed by atoms with Crippen LogP contribution < -0.4 is 10.2 Å². The number of hydrogen-bond donors (Lipinski definition) is 1. The van der Waals surface area contributed by atoms with Crippen molar-refractivity contribution in [3.05, 3.63) is 96.3 Å². The van der Waals surface area contributed by atoms with Gasteiger partial charge >= 0.3 is 0 Å². The molecule has 29 heavy (non-hydrogen) atoms. The molecule has 0 aliphatic heterocycles. The SMILES string of the molecule is CC(C)(C(=O)Nc1ccc(F)cc1)C(=O)N(Cc1ccccc1)c1ccccc1. The first-order chi connectivity index (χ1) is 13.9. The van der Waals surface area contributed by atoms with Crippen LogP contribution in [-0.2, 0) is 16.1 Å². The Morgan fingerprint density at radius 2 is 1.41 bits per heavy atom. The maximum atomic E-state index is 13.5. The van der Waals surface area contributed by atoms with Gasteiger partial charge in [0.25, 0.3) is 0 Å². The van der Waals surface area contributed by atoms with Gasteiger partial charge in [0.15, 0.2) is 0 Å². The number of carbonyl (C=O) groups is 2.